The molecule has 0 amide bonds. The summed E-state index contributed by atoms with van der Waals surface area (Å²) in [5.74, 6) is 0. The van der Waals surface area contributed by atoms with E-state index in [9.17, 15) is 21.6 Å². The summed E-state index contributed by atoms with van der Waals surface area (Å²) in [4.78, 5) is -2.76. The summed E-state index contributed by atoms with van der Waals surface area (Å²) in [5.41, 5.74) is 0. The van der Waals surface area contributed by atoms with Crippen molar-refractivity contribution in [1.82, 2.24) is 0 Å². The quantitative estimate of drug-likeness (QED) is 0.689. The molecule has 0 aromatic heterocycles. The minimum Gasteiger partial charge on any atom is -0.745 e. The molecule has 0 bridgehead atoms. The summed E-state index contributed by atoms with van der Waals surface area (Å²) in [5, 5.41) is -0.470. The third-order valence-electron chi connectivity index (χ3n) is 2.29. The van der Waals surface area contributed by atoms with Crippen LogP contribution in [0.3, 0.4) is 0 Å². The zero-order valence-electron chi connectivity index (χ0n) is 7.52. The molecule has 7 heteroatoms. The topological polar surface area (TPSA) is 74.3 Å². The molecule has 1 saturated carbocycles. The van der Waals surface area contributed by atoms with Crippen LogP contribution >= 0.6 is 0 Å². The van der Waals surface area contributed by atoms with Crippen LogP contribution in [0.2, 0.25) is 0 Å². The Morgan fingerprint density at radius 1 is 1.29 bits per heavy atom. The highest BCUT2D eigenvalue weighted by molar-refractivity contribution is 8.03. The Kier molecular flexibility index (Phi) is 4.03. The molecular weight excluding hydrogens is 231 g/mol. The van der Waals surface area contributed by atoms with Crippen molar-refractivity contribution >= 4 is 20.9 Å². The molecule has 2 unspecified atom stereocenters. The number of rotatable bonds is 3. The van der Waals surface area contributed by atoms with Crippen molar-refractivity contribution < 1.29 is 21.6 Å². The molecule has 0 radical (unpaired) electrons. The van der Waals surface area contributed by atoms with Gasteiger partial charge in [-0.1, -0.05) is 19.3 Å². The van der Waals surface area contributed by atoms with Crippen LogP contribution in [0.4, 0.5) is 4.39 Å². The van der Waals surface area contributed by atoms with Crippen molar-refractivity contribution in [3.8, 4) is 0 Å². The predicted molar refractivity (Wildman–Crippen MR) is 49.6 cm³/mol. The predicted octanol–water partition coefficient (Wildman–Crippen LogP) is 0.866. The van der Waals surface area contributed by atoms with Gasteiger partial charge in [0.25, 0.3) is 4.84 Å². The number of hydrogen-bond acceptors (Lipinski definition) is 4. The molecule has 84 valence electrons. The molecule has 0 heterocycles. The molecule has 1 fully saturated rings. The average molecular weight is 243 g/mol. The minimum atomic E-state index is -5.07. The Hall–Kier alpha value is -0.0100. The van der Waals surface area contributed by atoms with E-state index in [1.165, 1.54) is 0 Å². The Labute approximate surface area is 85.1 Å². The lowest BCUT2D eigenvalue weighted by Gasteiger charge is -2.23. The van der Waals surface area contributed by atoms with E-state index in [1.807, 2.05) is 0 Å². The first-order valence-corrected chi connectivity index (χ1v) is 7.16. The molecule has 0 aromatic carbocycles. The van der Waals surface area contributed by atoms with Gasteiger partial charge in [-0.2, -0.15) is 0 Å². The second-order valence-electron chi connectivity index (χ2n) is 3.36. The minimum absolute atomic E-state index is 0.470. The van der Waals surface area contributed by atoms with Gasteiger partial charge in [0.15, 0.2) is 0 Å². The lowest BCUT2D eigenvalue weighted by molar-refractivity contribution is 0.410. The first-order chi connectivity index (χ1) is 6.43. The molecule has 0 saturated heterocycles. The van der Waals surface area contributed by atoms with Crippen molar-refractivity contribution in [2.75, 3.05) is 0 Å². The van der Waals surface area contributed by atoms with Crippen molar-refractivity contribution in [1.29, 1.82) is 0 Å². The highest BCUT2D eigenvalue weighted by atomic mass is 32.3. The van der Waals surface area contributed by atoms with Gasteiger partial charge in [0.1, 0.15) is 10.1 Å². The molecule has 1 rings (SSSR count). The molecule has 1 aliphatic rings. The van der Waals surface area contributed by atoms with Crippen LogP contribution in [0.5, 0.6) is 0 Å². The van der Waals surface area contributed by atoms with Crippen LogP contribution in [0.1, 0.15) is 32.1 Å². The van der Waals surface area contributed by atoms with E-state index >= 15 is 0 Å². The van der Waals surface area contributed by atoms with E-state index in [-0.39, 0.29) is 0 Å². The monoisotopic (exact) mass is 243 g/mol. The summed E-state index contributed by atoms with van der Waals surface area (Å²) < 4.78 is 55.1. The molecule has 4 nitrogen and oxygen atoms in total. The van der Waals surface area contributed by atoms with Gasteiger partial charge >= 0.3 is 0 Å². The van der Waals surface area contributed by atoms with E-state index < -0.39 is 31.0 Å². The van der Waals surface area contributed by atoms with Gasteiger partial charge in [-0.3, -0.25) is 4.21 Å². The van der Waals surface area contributed by atoms with Gasteiger partial charge in [0.2, 0.25) is 0 Å². The molecule has 1 aliphatic carbocycles. The molecule has 2 atom stereocenters. The largest absolute Gasteiger partial charge is 0.745 e. The fourth-order valence-corrected chi connectivity index (χ4v) is 4.07. The third kappa shape index (κ3) is 2.99. The Balaban J connectivity index is 2.64. The van der Waals surface area contributed by atoms with Crippen molar-refractivity contribution in [2.24, 2.45) is 0 Å². The molecule has 0 aliphatic heterocycles. The average Bonchev–Trinajstić information content (AvgIpc) is 2.15. The highest BCUT2D eigenvalue weighted by Gasteiger charge is 2.30. The van der Waals surface area contributed by atoms with Crippen LogP contribution in [0, 0.1) is 0 Å². The molecule has 0 N–H and O–H groups in total. The van der Waals surface area contributed by atoms with Crippen molar-refractivity contribution in [3.05, 3.63) is 0 Å². The lowest BCUT2D eigenvalue weighted by Crippen LogP contribution is -2.30. The fourth-order valence-electron chi connectivity index (χ4n) is 1.56. The Bertz CT molecular complexity index is 308. The number of halogens is 1. The van der Waals surface area contributed by atoms with Crippen LogP contribution in [0.25, 0.3) is 0 Å². The van der Waals surface area contributed by atoms with Crippen LogP contribution in [0.15, 0.2) is 0 Å². The molecule has 14 heavy (non-hydrogen) atoms. The zero-order chi connectivity index (χ0) is 10.8. The Morgan fingerprint density at radius 2 is 1.79 bits per heavy atom. The van der Waals surface area contributed by atoms with Crippen molar-refractivity contribution in [2.45, 2.75) is 42.2 Å². The van der Waals surface area contributed by atoms with E-state index in [0.29, 0.717) is 12.8 Å². The van der Waals surface area contributed by atoms with Crippen LogP contribution < -0.4 is 0 Å². The van der Waals surface area contributed by atoms with Crippen LogP contribution in [-0.2, 0) is 20.9 Å². The van der Waals surface area contributed by atoms with Gasteiger partial charge in [0.05, 0.1) is 10.8 Å². The number of alkyl halides is 1. The van der Waals surface area contributed by atoms with Gasteiger partial charge in [0, 0.05) is 5.25 Å². The van der Waals surface area contributed by atoms with Gasteiger partial charge in [-0.15, -0.1) is 0 Å². The fraction of sp³-hybridized carbons (Fsp3) is 1.00. The summed E-state index contributed by atoms with van der Waals surface area (Å²) in [6, 6.07) is 0. The van der Waals surface area contributed by atoms with E-state index in [2.05, 4.69) is 0 Å². The van der Waals surface area contributed by atoms with Crippen molar-refractivity contribution in [3.63, 3.8) is 0 Å². The van der Waals surface area contributed by atoms with Gasteiger partial charge in [-0.05, 0) is 12.8 Å². The van der Waals surface area contributed by atoms with E-state index in [0.717, 1.165) is 19.3 Å². The van der Waals surface area contributed by atoms with Crippen LogP contribution in [-0.4, -0.2) is 27.3 Å². The maximum Gasteiger partial charge on any atom is 0.262 e. The molecule has 0 spiro atoms. The second kappa shape index (κ2) is 4.67. The standard InChI is InChI=1S/C7H13FO4S2/c8-7(14(10,11)12)13(9)6-4-2-1-3-5-6/h6-7H,1-5H2,(H,10,11,12)/p-1. The normalized spacial score (nSPS) is 24.4. The second-order valence-corrected chi connectivity index (χ2v) is 6.79. The molecular formula is C7H12FO4S2-. The summed E-state index contributed by atoms with van der Waals surface area (Å²) in [6.45, 7) is 0. The first-order valence-electron chi connectivity index (χ1n) is 4.41. The van der Waals surface area contributed by atoms with Gasteiger partial charge < -0.3 is 4.55 Å². The smallest absolute Gasteiger partial charge is 0.262 e. The Morgan fingerprint density at radius 3 is 2.21 bits per heavy atom. The third-order valence-corrected chi connectivity index (χ3v) is 5.51. The molecule has 0 aromatic rings. The lowest BCUT2D eigenvalue weighted by atomic mass is 10.0. The van der Waals surface area contributed by atoms with E-state index in [1.54, 1.807) is 0 Å². The SMILES string of the molecule is O=S(C1CCCCC1)C(F)S(=O)(=O)[O-]. The summed E-state index contributed by atoms with van der Waals surface area (Å²) in [7, 11) is -7.26. The summed E-state index contributed by atoms with van der Waals surface area (Å²) >= 11 is 0. The first kappa shape index (κ1) is 12.1. The van der Waals surface area contributed by atoms with E-state index in [4.69, 9.17) is 0 Å². The number of hydrogen-bond donors (Lipinski definition) is 0. The maximum atomic E-state index is 12.9. The zero-order valence-corrected chi connectivity index (χ0v) is 9.15. The maximum absolute atomic E-state index is 12.9. The van der Waals surface area contributed by atoms with Gasteiger partial charge in [-0.25, -0.2) is 12.8 Å². The summed E-state index contributed by atoms with van der Waals surface area (Å²) in [6.07, 6.45) is 3.73. The highest BCUT2D eigenvalue weighted by Crippen LogP contribution is 2.25.